The topological polar surface area (TPSA) is 50.1 Å². The molecule has 1 atom stereocenters. The molecule has 0 heterocycles. The zero-order valence-electron chi connectivity index (χ0n) is 9.33. The number of rotatable bonds is 3. The molecule has 1 fully saturated rings. The first-order valence-corrected chi connectivity index (χ1v) is 5.03. The van der Waals surface area contributed by atoms with Gasteiger partial charge in [-0.3, -0.25) is 4.79 Å². The smallest absolute Gasteiger partial charge is 0.304 e. The maximum Gasteiger partial charge on any atom is 0.304 e. The lowest BCUT2D eigenvalue weighted by molar-refractivity contribution is -0.160. The quantitative estimate of drug-likeness (QED) is 0.522. The minimum Gasteiger partial charge on any atom is -0.444 e. The monoisotopic (exact) mass is 205 g/mol. The van der Waals surface area contributed by atoms with Gasteiger partial charge in [-0.15, -0.1) is 6.42 Å². The predicted molar refractivity (Wildman–Crippen MR) is 55.4 cm³/mol. The van der Waals surface area contributed by atoms with Gasteiger partial charge in [-0.2, -0.15) is 5.26 Å². The fourth-order valence-electron chi connectivity index (χ4n) is 2.02. The van der Waals surface area contributed by atoms with Gasteiger partial charge in [0.1, 0.15) is 5.41 Å². The fraction of sp³-hybridized carbons (Fsp3) is 0.667. The Hall–Kier alpha value is -1.48. The largest absolute Gasteiger partial charge is 0.444 e. The summed E-state index contributed by atoms with van der Waals surface area (Å²) in [5.74, 6) is 2.05. The summed E-state index contributed by atoms with van der Waals surface area (Å²) in [6.07, 6.45) is 6.90. The van der Waals surface area contributed by atoms with Crippen molar-refractivity contribution in [1.29, 1.82) is 5.26 Å². The van der Waals surface area contributed by atoms with E-state index in [-0.39, 0.29) is 5.92 Å². The molecule has 80 valence electrons. The minimum absolute atomic E-state index is 0.0615. The molecule has 1 aliphatic carbocycles. The molecule has 0 N–H and O–H groups in total. The molecule has 0 aromatic rings. The third-order valence-corrected chi connectivity index (χ3v) is 3.01. The van der Waals surface area contributed by atoms with Crippen LogP contribution in [0.1, 0.15) is 33.6 Å². The molecule has 0 unspecified atom stereocenters. The molecule has 0 radical (unpaired) electrons. The molecule has 0 aliphatic heterocycles. The van der Waals surface area contributed by atoms with Gasteiger partial charge in [0, 0.05) is 12.8 Å². The maximum absolute atomic E-state index is 11.1. The van der Waals surface area contributed by atoms with Gasteiger partial charge in [-0.1, -0.05) is 19.8 Å². The van der Waals surface area contributed by atoms with Gasteiger partial charge in [0.15, 0.2) is 5.60 Å². The minimum atomic E-state index is -1.06. The van der Waals surface area contributed by atoms with E-state index >= 15 is 0 Å². The van der Waals surface area contributed by atoms with Gasteiger partial charge < -0.3 is 4.74 Å². The second-order valence-electron chi connectivity index (χ2n) is 4.32. The van der Waals surface area contributed by atoms with Crippen LogP contribution in [0.2, 0.25) is 0 Å². The summed E-state index contributed by atoms with van der Waals surface area (Å²) in [6, 6.07) is 2.21. The second kappa shape index (κ2) is 3.59. The van der Waals surface area contributed by atoms with E-state index < -0.39 is 17.0 Å². The van der Waals surface area contributed by atoms with E-state index in [0.717, 1.165) is 0 Å². The number of ether oxygens (including phenoxy) is 1. The van der Waals surface area contributed by atoms with Gasteiger partial charge in [-0.05, 0) is 12.8 Å². The molecular weight excluding hydrogens is 190 g/mol. The van der Waals surface area contributed by atoms with Crippen molar-refractivity contribution in [3.63, 3.8) is 0 Å². The summed E-state index contributed by atoms with van der Waals surface area (Å²) in [7, 11) is 0. The predicted octanol–water partition coefficient (Wildman–Crippen LogP) is 1.88. The number of terminal acetylenes is 1. The summed E-state index contributed by atoms with van der Waals surface area (Å²) >= 11 is 0. The fourth-order valence-corrected chi connectivity index (χ4v) is 2.02. The molecular formula is C12H15NO2. The highest BCUT2D eigenvalue weighted by molar-refractivity contribution is 5.67. The van der Waals surface area contributed by atoms with Gasteiger partial charge in [0.05, 0.1) is 6.07 Å². The van der Waals surface area contributed by atoms with E-state index in [1.54, 1.807) is 0 Å². The summed E-state index contributed by atoms with van der Waals surface area (Å²) in [6.45, 7) is 5.07. The van der Waals surface area contributed by atoms with Gasteiger partial charge in [0.2, 0.25) is 0 Å². The molecule has 3 heteroatoms. The molecule has 3 nitrogen and oxygen atoms in total. The molecule has 1 saturated carbocycles. The number of carbonyl (C=O) groups is 1. The Balaban J connectivity index is 3.13. The van der Waals surface area contributed by atoms with Crippen LogP contribution in [0.4, 0.5) is 0 Å². The summed E-state index contributed by atoms with van der Waals surface area (Å²) in [4.78, 5) is 11.1. The van der Waals surface area contributed by atoms with Crippen molar-refractivity contribution in [3.8, 4) is 18.4 Å². The van der Waals surface area contributed by atoms with Crippen molar-refractivity contribution in [2.24, 2.45) is 11.3 Å². The molecule has 0 amide bonds. The Morgan fingerprint density at radius 2 is 2.13 bits per heavy atom. The van der Waals surface area contributed by atoms with E-state index in [1.165, 1.54) is 6.92 Å². The van der Waals surface area contributed by atoms with Crippen LogP contribution < -0.4 is 0 Å². The lowest BCUT2D eigenvalue weighted by Gasteiger charge is -2.35. The number of nitriles is 1. The highest BCUT2D eigenvalue weighted by atomic mass is 16.6. The zero-order chi connectivity index (χ0) is 11.7. The van der Waals surface area contributed by atoms with Crippen LogP contribution in [0.25, 0.3) is 0 Å². The van der Waals surface area contributed by atoms with Crippen molar-refractivity contribution in [3.05, 3.63) is 0 Å². The highest BCUT2D eigenvalue weighted by Gasteiger charge is 2.63. The molecule has 0 aromatic carbocycles. The maximum atomic E-state index is 11.1. The first-order valence-electron chi connectivity index (χ1n) is 5.03. The third kappa shape index (κ3) is 1.59. The summed E-state index contributed by atoms with van der Waals surface area (Å²) in [5.41, 5.74) is -1.73. The molecule has 15 heavy (non-hydrogen) atoms. The van der Waals surface area contributed by atoms with E-state index in [9.17, 15) is 4.79 Å². The molecule has 0 saturated heterocycles. The van der Waals surface area contributed by atoms with Crippen molar-refractivity contribution in [2.75, 3.05) is 0 Å². The van der Waals surface area contributed by atoms with Crippen LogP contribution >= 0.6 is 0 Å². The Morgan fingerprint density at radius 3 is 2.33 bits per heavy atom. The van der Waals surface area contributed by atoms with Crippen LogP contribution in [0.15, 0.2) is 0 Å². The first kappa shape index (κ1) is 11.6. The van der Waals surface area contributed by atoms with Gasteiger partial charge in [-0.25, -0.2) is 0 Å². The molecule has 0 bridgehead atoms. The molecule has 1 aliphatic rings. The first-order chi connectivity index (χ1) is 6.94. The number of carbonyl (C=O) groups excluding carboxylic acids is 1. The lowest BCUT2D eigenvalue weighted by Crippen LogP contribution is -2.46. The van der Waals surface area contributed by atoms with Crippen LogP contribution in [0.3, 0.4) is 0 Å². The van der Waals surface area contributed by atoms with E-state index in [2.05, 4.69) is 12.0 Å². The van der Waals surface area contributed by atoms with Crippen molar-refractivity contribution in [2.45, 2.75) is 39.2 Å². The van der Waals surface area contributed by atoms with Crippen LogP contribution in [-0.4, -0.2) is 11.6 Å². The third-order valence-electron chi connectivity index (χ3n) is 3.01. The highest BCUT2D eigenvalue weighted by Crippen LogP contribution is 2.57. The molecule has 0 spiro atoms. The van der Waals surface area contributed by atoms with Gasteiger partial charge in [0.25, 0.3) is 0 Å². The van der Waals surface area contributed by atoms with Crippen molar-refractivity contribution in [1.82, 2.24) is 0 Å². The number of nitrogens with zero attached hydrogens (tertiary/aromatic N) is 1. The van der Waals surface area contributed by atoms with Gasteiger partial charge >= 0.3 is 5.97 Å². The Labute approximate surface area is 90.4 Å². The Bertz CT molecular complexity index is 355. The number of hydrogen-bond acceptors (Lipinski definition) is 3. The summed E-state index contributed by atoms with van der Waals surface area (Å²) < 4.78 is 5.27. The van der Waals surface area contributed by atoms with E-state index in [1.807, 2.05) is 13.8 Å². The molecule has 1 rings (SSSR count). The number of esters is 1. The standard InChI is InChI=1S/C12H15NO2/c1-5-12(9(2)3,15-10(4)14)11(8-13)6-7-11/h1,9H,6-7H2,2-4H3/t12-/m0/s1. The van der Waals surface area contributed by atoms with E-state index in [0.29, 0.717) is 12.8 Å². The SMILES string of the molecule is C#C[C@](OC(C)=O)(C(C)C)C1(C#N)CC1. The second-order valence-corrected chi connectivity index (χ2v) is 4.32. The lowest BCUT2D eigenvalue weighted by atomic mass is 9.77. The van der Waals surface area contributed by atoms with Crippen LogP contribution in [0, 0.1) is 35.0 Å². The summed E-state index contributed by atoms with van der Waals surface area (Å²) in [5, 5.41) is 9.15. The average molecular weight is 205 g/mol. The normalized spacial score (nSPS) is 20.9. The average Bonchev–Trinajstić information content (AvgIpc) is 2.94. The Kier molecular flexibility index (Phi) is 2.77. The van der Waals surface area contributed by atoms with Crippen molar-refractivity contribution >= 4 is 5.97 Å². The zero-order valence-corrected chi connectivity index (χ0v) is 9.33. The Morgan fingerprint density at radius 1 is 1.60 bits per heavy atom. The van der Waals surface area contributed by atoms with Crippen molar-refractivity contribution < 1.29 is 9.53 Å². The molecule has 0 aromatic heterocycles. The number of hydrogen-bond donors (Lipinski definition) is 0. The van der Waals surface area contributed by atoms with Crippen LogP contribution in [-0.2, 0) is 9.53 Å². The van der Waals surface area contributed by atoms with E-state index in [4.69, 9.17) is 16.4 Å². The van der Waals surface area contributed by atoms with Crippen LogP contribution in [0.5, 0.6) is 0 Å².